The van der Waals surface area contributed by atoms with Crippen LogP contribution in [0.25, 0.3) is 0 Å². The molecule has 1 atom stereocenters. The third-order valence-corrected chi connectivity index (χ3v) is 2.26. The molecule has 7 heteroatoms. The fourth-order valence-corrected chi connectivity index (χ4v) is 1.28. The van der Waals surface area contributed by atoms with Gasteiger partial charge < -0.3 is 19.7 Å². The van der Waals surface area contributed by atoms with Crippen molar-refractivity contribution in [1.82, 2.24) is 0 Å². The van der Waals surface area contributed by atoms with Crippen molar-refractivity contribution in [3.63, 3.8) is 0 Å². The SMILES string of the molecule is CCOC(=O)c1ccc(NC(=O)OCC(O)CO)cc1. The van der Waals surface area contributed by atoms with Gasteiger partial charge in [-0.3, -0.25) is 5.32 Å². The van der Waals surface area contributed by atoms with Crippen molar-refractivity contribution in [2.45, 2.75) is 13.0 Å². The molecular formula is C13H17NO6. The first-order valence-electron chi connectivity index (χ1n) is 6.06. The number of carbonyl (C=O) groups excluding carboxylic acids is 2. The van der Waals surface area contributed by atoms with Crippen LogP contribution in [0.1, 0.15) is 17.3 Å². The summed E-state index contributed by atoms with van der Waals surface area (Å²) in [7, 11) is 0. The van der Waals surface area contributed by atoms with Gasteiger partial charge in [-0.15, -0.1) is 0 Å². The summed E-state index contributed by atoms with van der Waals surface area (Å²) >= 11 is 0. The zero-order chi connectivity index (χ0) is 15.0. The molecule has 1 unspecified atom stereocenters. The summed E-state index contributed by atoms with van der Waals surface area (Å²) in [6.45, 7) is 1.22. The van der Waals surface area contributed by atoms with Crippen LogP contribution in [-0.4, -0.2) is 48.2 Å². The van der Waals surface area contributed by atoms with Gasteiger partial charge in [0.25, 0.3) is 0 Å². The number of benzene rings is 1. The summed E-state index contributed by atoms with van der Waals surface area (Å²) in [6.07, 6.45) is -1.87. The van der Waals surface area contributed by atoms with E-state index in [0.717, 1.165) is 0 Å². The zero-order valence-electron chi connectivity index (χ0n) is 11.0. The maximum Gasteiger partial charge on any atom is 0.411 e. The molecule has 3 N–H and O–H groups in total. The van der Waals surface area contributed by atoms with E-state index in [0.29, 0.717) is 17.9 Å². The number of ether oxygens (including phenoxy) is 2. The van der Waals surface area contributed by atoms with Crippen LogP contribution in [-0.2, 0) is 9.47 Å². The lowest BCUT2D eigenvalue weighted by Gasteiger charge is -2.10. The fourth-order valence-electron chi connectivity index (χ4n) is 1.28. The Bertz CT molecular complexity index is 445. The Kier molecular flexibility index (Phi) is 6.48. The van der Waals surface area contributed by atoms with E-state index in [1.807, 2.05) is 0 Å². The first-order valence-corrected chi connectivity index (χ1v) is 6.06. The van der Waals surface area contributed by atoms with E-state index in [2.05, 4.69) is 10.1 Å². The van der Waals surface area contributed by atoms with Crippen molar-refractivity contribution >= 4 is 17.7 Å². The first-order chi connectivity index (χ1) is 9.56. The molecule has 110 valence electrons. The Balaban J connectivity index is 2.48. The van der Waals surface area contributed by atoms with Gasteiger partial charge in [0, 0.05) is 5.69 Å². The summed E-state index contributed by atoms with van der Waals surface area (Å²) < 4.78 is 9.49. The molecule has 0 heterocycles. The molecular weight excluding hydrogens is 266 g/mol. The Morgan fingerprint density at radius 1 is 1.25 bits per heavy atom. The number of nitrogens with one attached hydrogen (secondary N) is 1. The van der Waals surface area contributed by atoms with Crippen molar-refractivity contribution in [2.24, 2.45) is 0 Å². The van der Waals surface area contributed by atoms with Gasteiger partial charge in [0.05, 0.1) is 18.8 Å². The average molecular weight is 283 g/mol. The molecule has 1 rings (SSSR count). The molecule has 0 radical (unpaired) electrons. The van der Waals surface area contributed by atoms with E-state index in [1.54, 1.807) is 6.92 Å². The van der Waals surface area contributed by atoms with E-state index < -0.39 is 24.8 Å². The Morgan fingerprint density at radius 3 is 2.45 bits per heavy atom. The highest BCUT2D eigenvalue weighted by molar-refractivity contribution is 5.91. The maximum absolute atomic E-state index is 11.4. The molecule has 0 aromatic heterocycles. The summed E-state index contributed by atoms with van der Waals surface area (Å²) in [6, 6.07) is 6.07. The summed E-state index contributed by atoms with van der Waals surface area (Å²) in [5, 5.41) is 20.0. The van der Waals surface area contributed by atoms with Gasteiger partial charge in [0.1, 0.15) is 12.7 Å². The molecule has 0 saturated carbocycles. The Hall–Kier alpha value is -2.12. The number of rotatable bonds is 6. The topological polar surface area (TPSA) is 105 Å². The highest BCUT2D eigenvalue weighted by Crippen LogP contribution is 2.11. The summed E-state index contributed by atoms with van der Waals surface area (Å²) in [4.78, 5) is 22.7. The van der Waals surface area contributed by atoms with E-state index in [9.17, 15) is 9.59 Å². The lowest BCUT2D eigenvalue weighted by Crippen LogP contribution is -2.24. The molecule has 0 aliphatic carbocycles. The average Bonchev–Trinajstić information content (AvgIpc) is 2.45. The molecule has 20 heavy (non-hydrogen) atoms. The van der Waals surface area contributed by atoms with Gasteiger partial charge in [-0.2, -0.15) is 0 Å². The van der Waals surface area contributed by atoms with E-state index in [-0.39, 0.29) is 6.61 Å². The highest BCUT2D eigenvalue weighted by atomic mass is 16.6. The lowest BCUT2D eigenvalue weighted by molar-refractivity contribution is 0.0362. The van der Waals surface area contributed by atoms with Gasteiger partial charge >= 0.3 is 12.1 Å². The van der Waals surface area contributed by atoms with Crippen molar-refractivity contribution in [1.29, 1.82) is 0 Å². The predicted octanol–water partition coefficient (Wildman–Crippen LogP) is 0.765. The van der Waals surface area contributed by atoms with Gasteiger partial charge in [-0.1, -0.05) is 0 Å². The molecule has 1 aromatic rings. The second-order valence-corrected chi connectivity index (χ2v) is 3.86. The third kappa shape index (κ3) is 5.25. The van der Waals surface area contributed by atoms with E-state index >= 15 is 0 Å². The van der Waals surface area contributed by atoms with E-state index in [4.69, 9.17) is 14.9 Å². The number of hydrogen-bond donors (Lipinski definition) is 3. The minimum absolute atomic E-state index is 0.290. The lowest BCUT2D eigenvalue weighted by atomic mass is 10.2. The number of carbonyl (C=O) groups is 2. The largest absolute Gasteiger partial charge is 0.462 e. The van der Waals surface area contributed by atoms with Crippen molar-refractivity contribution in [3.8, 4) is 0 Å². The Morgan fingerprint density at radius 2 is 1.90 bits per heavy atom. The minimum atomic E-state index is -1.10. The van der Waals surface area contributed by atoms with E-state index in [1.165, 1.54) is 24.3 Å². The molecule has 0 fully saturated rings. The zero-order valence-corrected chi connectivity index (χ0v) is 11.0. The molecule has 1 aromatic carbocycles. The number of aliphatic hydroxyl groups is 2. The van der Waals surface area contributed by atoms with Crippen LogP contribution >= 0.6 is 0 Å². The maximum atomic E-state index is 11.4. The van der Waals surface area contributed by atoms with Crippen LogP contribution in [0.5, 0.6) is 0 Å². The number of anilines is 1. The number of amides is 1. The van der Waals surface area contributed by atoms with Crippen LogP contribution in [0.15, 0.2) is 24.3 Å². The van der Waals surface area contributed by atoms with Crippen LogP contribution < -0.4 is 5.32 Å². The van der Waals surface area contributed by atoms with Gasteiger partial charge in [-0.25, -0.2) is 9.59 Å². The number of esters is 1. The summed E-state index contributed by atoms with van der Waals surface area (Å²) in [5.74, 6) is -0.437. The quantitative estimate of drug-likeness (QED) is 0.666. The molecule has 0 spiro atoms. The number of aliphatic hydroxyl groups excluding tert-OH is 2. The van der Waals surface area contributed by atoms with Crippen molar-refractivity contribution in [2.75, 3.05) is 25.1 Å². The normalized spacial score (nSPS) is 11.6. The molecule has 0 bridgehead atoms. The van der Waals surface area contributed by atoms with Crippen LogP contribution in [0.3, 0.4) is 0 Å². The van der Waals surface area contributed by atoms with Crippen LogP contribution in [0.2, 0.25) is 0 Å². The second kappa shape index (κ2) is 8.13. The molecule has 0 aliphatic rings. The smallest absolute Gasteiger partial charge is 0.411 e. The molecule has 7 nitrogen and oxygen atoms in total. The standard InChI is InChI=1S/C13H17NO6/c1-2-19-12(17)9-3-5-10(6-4-9)14-13(18)20-8-11(16)7-15/h3-6,11,15-16H,2,7-8H2,1H3,(H,14,18). The summed E-state index contributed by atoms with van der Waals surface area (Å²) in [5.41, 5.74) is 0.808. The predicted molar refractivity (Wildman–Crippen MR) is 70.5 cm³/mol. The van der Waals surface area contributed by atoms with Gasteiger partial charge in [0.2, 0.25) is 0 Å². The first kappa shape index (κ1) is 15.9. The molecule has 0 saturated heterocycles. The van der Waals surface area contributed by atoms with Crippen molar-refractivity contribution in [3.05, 3.63) is 29.8 Å². The van der Waals surface area contributed by atoms with Crippen LogP contribution in [0, 0.1) is 0 Å². The monoisotopic (exact) mass is 283 g/mol. The third-order valence-electron chi connectivity index (χ3n) is 2.26. The Labute approximate surface area is 116 Å². The van der Waals surface area contributed by atoms with Crippen molar-refractivity contribution < 1.29 is 29.3 Å². The molecule has 1 amide bonds. The number of hydrogen-bond acceptors (Lipinski definition) is 6. The van der Waals surface area contributed by atoms with Crippen LogP contribution in [0.4, 0.5) is 10.5 Å². The van der Waals surface area contributed by atoms with Gasteiger partial charge in [0.15, 0.2) is 0 Å². The highest BCUT2D eigenvalue weighted by Gasteiger charge is 2.09. The minimum Gasteiger partial charge on any atom is -0.462 e. The molecule has 0 aliphatic heterocycles. The fraction of sp³-hybridized carbons (Fsp3) is 0.385. The van der Waals surface area contributed by atoms with Gasteiger partial charge in [-0.05, 0) is 31.2 Å². The second-order valence-electron chi connectivity index (χ2n) is 3.86.